The lowest BCUT2D eigenvalue weighted by Crippen LogP contribution is -2.29. The highest BCUT2D eigenvalue weighted by molar-refractivity contribution is 6.31. The lowest BCUT2D eigenvalue weighted by molar-refractivity contribution is 0.615. The van der Waals surface area contributed by atoms with Crippen molar-refractivity contribution in [1.29, 1.82) is 0 Å². The van der Waals surface area contributed by atoms with Gasteiger partial charge >= 0.3 is 0 Å². The van der Waals surface area contributed by atoms with Crippen molar-refractivity contribution in [1.82, 2.24) is 0 Å². The van der Waals surface area contributed by atoms with Crippen LogP contribution in [0.4, 0.5) is 5.69 Å². The van der Waals surface area contributed by atoms with E-state index in [4.69, 9.17) is 23.2 Å². The molecular weight excluding hydrogens is 241 g/mol. The fourth-order valence-corrected chi connectivity index (χ4v) is 2.22. The van der Waals surface area contributed by atoms with Gasteiger partial charge in [0.1, 0.15) is 0 Å². The first-order valence-electron chi connectivity index (χ1n) is 5.67. The number of halogens is 2. The van der Waals surface area contributed by atoms with E-state index in [1.165, 1.54) is 12.8 Å². The third-order valence-electron chi connectivity index (χ3n) is 2.94. The number of alkyl halides is 1. The van der Waals surface area contributed by atoms with Crippen LogP contribution in [0.1, 0.15) is 32.3 Å². The van der Waals surface area contributed by atoms with E-state index >= 15 is 0 Å². The van der Waals surface area contributed by atoms with Crippen LogP contribution in [0.25, 0.3) is 0 Å². The van der Waals surface area contributed by atoms with Crippen molar-refractivity contribution in [2.75, 3.05) is 11.9 Å². The number of hydrogen-bond donors (Lipinski definition) is 0. The van der Waals surface area contributed by atoms with Gasteiger partial charge < -0.3 is 4.90 Å². The van der Waals surface area contributed by atoms with Crippen LogP contribution < -0.4 is 4.90 Å². The predicted molar refractivity (Wildman–Crippen MR) is 73.8 cm³/mol. The van der Waals surface area contributed by atoms with Gasteiger partial charge in [0.05, 0.1) is 0 Å². The molecule has 1 aromatic carbocycles. The molecule has 0 aliphatic rings. The van der Waals surface area contributed by atoms with Crippen molar-refractivity contribution in [2.45, 2.75) is 38.6 Å². The van der Waals surface area contributed by atoms with Crippen molar-refractivity contribution in [2.24, 2.45) is 0 Å². The molecule has 1 nitrogen and oxygen atoms in total. The van der Waals surface area contributed by atoms with Gasteiger partial charge in [-0.2, -0.15) is 0 Å². The summed E-state index contributed by atoms with van der Waals surface area (Å²) in [6.45, 7) is 4.42. The van der Waals surface area contributed by atoms with Crippen molar-refractivity contribution < 1.29 is 0 Å². The third-order valence-corrected chi connectivity index (χ3v) is 3.46. The van der Waals surface area contributed by atoms with Crippen molar-refractivity contribution in [3.63, 3.8) is 0 Å². The van der Waals surface area contributed by atoms with Crippen LogP contribution in [-0.4, -0.2) is 13.1 Å². The first-order chi connectivity index (χ1) is 7.60. The molecule has 0 fully saturated rings. The first-order valence-corrected chi connectivity index (χ1v) is 6.58. The molecule has 1 atom stereocenters. The van der Waals surface area contributed by atoms with Gasteiger partial charge in [-0.3, -0.25) is 0 Å². The molecule has 0 radical (unpaired) electrons. The predicted octanol–water partition coefficient (Wildman–Crippen LogP) is 4.70. The fraction of sp³-hybridized carbons (Fsp3) is 0.538. The van der Waals surface area contributed by atoms with E-state index < -0.39 is 0 Å². The van der Waals surface area contributed by atoms with Gasteiger partial charge in [-0.05, 0) is 31.0 Å². The Kier molecular flexibility index (Phi) is 5.43. The number of rotatable bonds is 5. The molecule has 0 spiro atoms. The molecule has 0 heterocycles. The number of benzene rings is 1. The maximum absolute atomic E-state index is 6.03. The zero-order valence-electron chi connectivity index (χ0n) is 10.1. The highest BCUT2D eigenvalue weighted by Crippen LogP contribution is 2.27. The summed E-state index contributed by atoms with van der Waals surface area (Å²) in [5.41, 5.74) is 2.28. The Hall–Kier alpha value is -0.400. The molecule has 0 aliphatic heterocycles. The standard InChI is InChI=1S/C13H19Cl2N/c1-4-5-10(2)16(3)13-8-12(15)7-6-11(13)9-14/h6-8,10H,4-5,9H2,1-3H3. The van der Waals surface area contributed by atoms with Gasteiger partial charge in [0.2, 0.25) is 0 Å². The van der Waals surface area contributed by atoms with Crippen LogP contribution in [0.2, 0.25) is 5.02 Å². The molecule has 0 amide bonds. The maximum atomic E-state index is 6.03. The normalized spacial score (nSPS) is 12.6. The van der Waals surface area contributed by atoms with Crippen LogP contribution in [0, 0.1) is 0 Å². The molecule has 0 aliphatic carbocycles. The summed E-state index contributed by atoms with van der Waals surface area (Å²) in [4.78, 5) is 2.26. The third kappa shape index (κ3) is 3.29. The first kappa shape index (κ1) is 13.7. The second-order valence-corrected chi connectivity index (χ2v) is 4.86. The lowest BCUT2D eigenvalue weighted by atomic mass is 10.1. The van der Waals surface area contributed by atoms with E-state index in [0.29, 0.717) is 11.9 Å². The van der Waals surface area contributed by atoms with Crippen LogP contribution in [0.3, 0.4) is 0 Å². The van der Waals surface area contributed by atoms with Crippen LogP contribution in [0.5, 0.6) is 0 Å². The highest BCUT2D eigenvalue weighted by atomic mass is 35.5. The van der Waals surface area contributed by atoms with Crippen molar-refractivity contribution in [3.8, 4) is 0 Å². The summed E-state index contributed by atoms with van der Waals surface area (Å²) >= 11 is 12.0. The molecule has 0 aromatic heterocycles. The topological polar surface area (TPSA) is 3.24 Å². The van der Waals surface area contributed by atoms with Gasteiger partial charge in [-0.15, -0.1) is 11.6 Å². The van der Waals surface area contributed by atoms with E-state index in [0.717, 1.165) is 16.3 Å². The van der Waals surface area contributed by atoms with Gasteiger partial charge in [-0.25, -0.2) is 0 Å². The van der Waals surface area contributed by atoms with E-state index in [1.807, 2.05) is 18.2 Å². The molecule has 0 saturated heterocycles. The van der Waals surface area contributed by atoms with Gasteiger partial charge in [-0.1, -0.05) is 31.0 Å². The smallest absolute Gasteiger partial charge is 0.0494 e. The Morgan fingerprint density at radius 1 is 1.38 bits per heavy atom. The zero-order valence-corrected chi connectivity index (χ0v) is 11.6. The monoisotopic (exact) mass is 259 g/mol. The SMILES string of the molecule is CCCC(C)N(C)c1cc(Cl)ccc1CCl. The van der Waals surface area contributed by atoms with E-state index in [9.17, 15) is 0 Å². The molecule has 0 N–H and O–H groups in total. The second-order valence-electron chi connectivity index (χ2n) is 4.16. The Bertz CT molecular complexity index is 339. The molecule has 1 aromatic rings. The largest absolute Gasteiger partial charge is 0.372 e. The molecule has 0 saturated carbocycles. The summed E-state index contributed by atoms with van der Waals surface area (Å²) < 4.78 is 0. The molecule has 16 heavy (non-hydrogen) atoms. The Labute approximate surface area is 108 Å². The molecule has 1 rings (SSSR count). The number of hydrogen-bond acceptors (Lipinski definition) is 1. The Morgan fingerprint density at radius 2 is 2.06 bits per heavy atom. The molecule has 90 valence electrons. The molecule has 3 heteroatoms. The number of anilines is 1. The number of nitrogens with zero attached hydrogens (tertiary/aromatic N) is 1. The maximum Gasteiger partial charge on any atom is 0.0494 e. The zero-order chi connectivity index (χ0) is 12.1. The summed E-state index contributed by atoms with van der Waals surface area (Å²) in [5, 5.41) is 0.763. The van der Waals surface area contributed by atoms with Crippen molar-refractivity contribution in [3.05, 3.63) is 28.8 Å². The molecular formula is C13H19Cl2N. The minimum atomic E-state index is 0.505. The summed E-state index contributed by atoms with van der Waals surface area (Å²) in [6.07, 6.45) is 2.35. The summed E-state index contributed by atoms with van der Waals surface area (Å²) in [7, 11) is 2.10. The van der Waals surface area contributed by atoms with Crippen LogP contribution in [-0.2, 0) is 5.88 Å². The van der Waals surface area contributed by atoms with Gasteiger partial charge in [0, 0.05) is 29.7 Å². The quantitative estimate of drug-likeness (QED) is 0.693. The molecule has 0 bridgehead atoms. The van der Waals surface area contributed by atoms with E-state index in [-0.39, 0.29) is 0 Å². The minimum absolute atomic E-state index is 0.505. The van der Waals surface area contributed by atoms with Gasteiger partial charge in [0.25, 0.3) is 0 Å². The minimum Gasteiger partial charge on any atom is -0.372 e. The lowest BCUT2D eigenvalue weighted by Gasteiger charge is -2.28. The summed E-state index contributed by atoms with van der Waals surface area (Å²) in [6, 6.07) is 6.39. The van der Waals surface area contributed by atoms with E-state index in [1.54, 1.807) is 0 Å². The van der Waals surface area contributed by atoms with E-state index in [2.05, 4.69) is 25.8 Å². The average molecular weight is 260 g/mol. The highest BCUT2D eigenvalue weighted by Gasteiger charge is 2.12. The Morgan fingerprint density at radius 3 is 2.62 bits per heavy atom. The van der Waals surface area contributed by atoms with Gasteiger partial charge in [0.15, 0.2) is 0 Å². The molecule has 1 unspecified atom stereocenters. The summed E-state index contributed by atoms with van der Waals surface area (Å²) in [5.74, 6) is 0.523. The second kappa shape index (κ2) is 6.36. The van der Waals surface area contributed by atoms with Crippen molar-refractivity contribution >= 4 is 28.9 Å². The van der Waals surface area contributed by atoms with Crippen LogP contribution in [0.15, 0.2) is 18.2 Å². The van der Waals surface area contributed by atoms with Crippen LogP contribution >= 0.6 is 23.2 Å². The fourth-order valence-electron chi connectivity index (χ4n) is 1.83. The Balaban J connectivity index is 2.96. The average Bonchev–Trinajstić information content (AvgIpc) is 2.28.